The highest BCUT2D eigenvalue weighted by atomic mass is 16.5. The van der Waals surface area contributed by atoms with E-state index in [4.69, 9.17) is 9.84 Å². The van der Waals surface area contributed by atoms with Crippen molar-refractivity contribution in [1.82, 2.24) is 14.5 Å². The second-order valence-electron chi connectivity index (χ2n) is 3.37. The molecule has 0 bridgehead atoms. The van der Waals surface area contributed by atoms with Crippen LogP contribution in [0.3, 0.4) is 0 Å². The number of aliphatic hydroxyl groups excluding tert-OH is 1. The van der Waals surface area contributed by atoms with Gasteiger partial charge in [0.05, 0.1) is 32.3 Å². The van der Waals surface area contributed by atoms with E-state index in [0.717, 1.165) is 5.56 Å². The largest absolute Gasteiger partial charge is 0.481 e. The van der Waals surface area contributed by atoms with Crippen molar-refractivity contribution in [2.45, 2.75) is 13.2 Å². The number of imidazole rings is 1. The summed E-state index contributed by atoms with van der Waals surface area (Å²) in [5.74, 6) is 0.613. The molecule has 0 saturated carbocycles. The van der Waals surface area contributed by atoms with Gasteiger partial charge in [0.15, 0.2) is 0 Å². The van der Waals surface area contributed by atoms with Crippen LogP contribution in [0.1, 0.15) is 11.3 Å². The Balaban J connectivity index is 2.19. The molecule has 0 radical (unpaired) electrons. The molecule has 0 saturated heterocycles. The van der Waals surface area contributed by atoms with Crippen LogP contribution in [0.15, 0.2) is 30.9 Å². The molecule has 0 amide bonds. The molecule has 0 unspecified atom stereocenters. The number of pyridine rings is 1. The Labute approximate surface area is 93.3 Å². The molecule has 2 aromatic heterocycles. The van der Waals surface area contributed by atoms with E-state index in [9.17, 15) is 0 Å². The van der Waals surface area contributed by atoms with Crippen molar-refractivity contribution in [2.75, 3.05) is 7.11 Å². The lowest BCUT2D eigenvalue weighted by atomic mass is 10.2. The monoisotopic (exact) mass is 219 g/mol. The fourth-order valence-corrected chi connectivity index (χ4v) is 1.50. The zero-order valence-electron chi connectivity index (χ0n) is 9.00. The minimum atomic E-state index is -0.0445. The number of hydrogen-bond donors (Lipinski definition) is 1. The summed E-state index contributed by atoms with van der Waals surface area (Å²) in [6.07, 6.45) is 5.17. The highest BCUT2D eigenvalue weighted by molar-refractivity contribution is 5.25. The first-order valence-corrected chi connectivity index (χ1v) is 4.93. The molecule has 2 heterocycles. The fraction of sp³-hybridized carbons (Fsp3) is 0.273. The van der Waals surface area contributed by atoms with Gasteiger partial charge < -0.3 is 14.4 Å². The number of aliphatic hydroxyl groups is 1. The van der Waals surface area contributed by atoms with Gasteiger partial charge in [0.1, 0.15) is 0 Å². The summed E-state index contributed by atoms with van der Waals surface area (Å²) in [5.41, 5.74) is 1.63. The van der Waals surface area contributed by atoms with Crippen LogP contribution in [0, 0.1) is 0 Å². The summed E-state index contributed by atoms with van der Waals surface area (Å²) in [6, 6.07) is 3.81. The summed E-state index contributed by atoms with van der Waals surface area (Å²) in [6.45, 7) is 0.585. The lowest BCUT2D eigenvalue weighted by molar-refractivity contribution is 0.277. The standard InChI is InChI=1S/C11H13N3O2/c1-16-11-9(3-2-4-12-11)5-14-6-10(7-15)13-8-14/h2-4,6,8,15H,5,7H2,1H3. The summed E-state index contributed by atoms with van der Waals surface area (Å²) in [4.78, 5) is 8.15. The highest BCUT2D eigenvalue weighted by Crippen LogP contribution is 2.15. The van der Waals surface area contributed by atoms with Crippen LogP contribution in [-0.4, -0.2) is 26.8 Å². The third-order valence-corrected chi connectivity index (χ3v) is 2.24. The highest BCUT2D eigenvalue weighted by Gasteiger charge is 2.04. The van der Waals surface area contributed by atoms with Gasteiger partial charge in [0, 0.05) is 18.0 Å². The summed E-state index contributed by atoms with van der Waals surface area (Å²) in [5, 5.41) is 8.90. The van der Waals surface area contributed by atoms with E-state index in [1.807, 2.05) is 16.7 Å². The molecule has 5 heteroatoms. The quantitative estimate of drug-likeness (QED) is 0.827. The van der Waals surface area contributed by atoms with Crippen molar-refractivity contribution < 1.29 is 9.84 Å². The molecule has 0 atom stereocenters. The predicted octanol–water partition coefficient (Wildman–Crippen LogP) is 0.827. The van der Waals surface area contributed by atoms with Gasteiger partial charge in [-0.3, -0.25) is 0 Å². The van der Waals surface area contributed by atoms with E-state index < -0.39 is 0 Å². The number of hydrogen-bond acceptors (Lipinski definition) is 4. The number of aromatic nitrogens is 3. The molecular formula is C11H13N3O2. The molecule has 0 aliphatic heterocycles. The zero-order chi connectivity index (χ0) is 11.4. The average molecular weight is 219 g/mol. The van der Waals surface area contributed by atoms with E-state index in [1.165, 1.54) is 0 Å². The normalized spacial score (nSPS) is 10.4. The van der Waals surface area contributed by atoms with Crippen LogP contribution < -0.4 is 4.74 Å². The molecule has 2 rings (SSSR count). The minimum absolute atomic E-state index is 0.0445. The Morgan fingerprint density at radius 1 is 1.44 bits per heavy atom. The number of ether oxygens (including phenoxy) is 1. The van der Waals surface area contributed by atoms with Crippen LogP contribution in [0.25, 0.3) is 0 Å². The molecule has 16 heavy (non-hydrogen) atoms. The molecular weight excluding hydrogens is 206 g/mol. The van der Waals surface area contributed by atoms with E-state index >= 15 is 0 Å². The first kappa shape index (κ1) is 10.6. The Bertz CT molecular complexity index is 468. The maximum Gasteiger partial charge on any atom is 0.218 e. The van der Waals surface area contributed by atoms with Gasteiger partial charge >= 0.3 is 0 Å². The van der Waals surface area contributed by atoms with Crippen molar-refractivity contribution in [1.29, 1.82) is 0 Å². The van der Waals surface area contributed by atoms with E-state index in [0.29, 0.717) is 18.1 Å². The lowest BCUT2D eigenvalue weighted by Crippen LogP contribution is -2.00. The summed E-state index contributed by atoms with van der Waals surface area (Å²) < 4.78 is 7.04. The van der Waals surface area contributed by atoms with Gasteiger partial charge in [0.2, 0.25) is 5.88 Å². The number of nitrogens with zero attached hydrogens (tertiary/aromatic N) is 3. The maximum atomic E-state index is 8.90. The van der Waals surface area contributed by atoms with Gasteiger partial charge in [-0.25, -0.2) is 9.97 Å². The Morgan fingerprint density at radius 2 is 2.31 bits per heavy atom. The Kier molecular flexibility index (Phi) is 3.16. The third kappa shape index (κ3) is 2.20. The van der Waals surface area contributed by atoms with Crippen molar-refractivity contribution in [3.8, 4) is 5.88 Å². The summed E-state index contributed by atoms with van der Waals surface area (Å²) >= 11 is 0. The molecule has 2 aromatic rings. The Morgan fingerprint density at radius 3 is 3.00 bits per heavy atom. The first-order chi connectivity index (χ1) is 7.83. The number of rotatable bonds is 4. The average Bonchev–Trinajstić information content (AvgIpc) is 2.77. The van der Waals surface area contributed by atoms with Gasteiger partial charge in [-0.1, -0.05) is 6.07 Å². The van der Waals surface area contributed by atoms with Gasteiger partial charge in [-0.05, 0) is 6.07 Å². The van der Waals surface area contributed by atoms with Crippen LogP contribution in [-0.2, 0) is 13.2 Å². The Hall–Kier alpha value is -1.88. The molecule has 0 aliphatic carbocycles. The SMILES string of the molecule is COc1ncccc1Cn1cnc(CO)c1. The van der Waals surface area contributed by atoms with Crippen molar-refractivity contribution in [3.05, 3.63) is 42.1 Å². The first-order valence-electron chi connectivity index (χ1n) is 4.93. The van der Waals surface area contributed by atoms with Gasteiger partial charge in [0.25, 0.3) is 0 Å². The van der Waals surface area contributed by atoms with Crippen molar-refractivity contribution in [3.63, 3.8) is 0 Å². The van der Waals surface area contributed by atoms with Crippen LogP contribution in [0.2, 0.25) is 0 Å². The summed E-state index contributed by atoms with van der Waals surface area (Å²) in [7, 11) is 1.60. The van der Waals surface area contributed by atoms with Gasteiger partial charge in [-0.15, -0.1) is 0 Å². The second kappa shape index (κ2) is 4.76. The van der Waals surface area contributed by atoms with Crippen molar-refractivity contribution in [2.24, 2.45) is 0 Å². The minimum Gasteiger partial charge on any atom is -0.481 e. The smallest absolute Gasteiger partial charge is 0.218 e. The molecule has 5 nitrogen and oxygen atoms in total. The lowest BCUT2D eigenvalue weighted by Gasteiger charge is -2.06. The molecule has 0 aliphatic rings. The van der Waals surface area contributed by atoms with Gasteiger partial charge in [-0.2, -0.15) is 0 Å². The molecule has 84 valence electrons. The molecule has 0 fully saturated rings. The van der Waals surface area contributed by atoms with E-state index in [-0.39, 0.29) is 6.61 Å². The molecule has 0 aromatic carbocycles. The maximum absolute atomic E-state index is 8.90. The topological polar surface area (TPSA) is 60.2 Å². The van der Waals surface area contributed by atoms with E-state index in [1.54, 1.807) is 25.8 Å². The third-order valence-electron chi connectivity index (χ3n) is 2.24. The number of methoxy groups -OCH3 is 1. The molecule has 1 N–H and O–H groups in total. The van der Waals surface area contributed by atoms with Crippen LogP contribution >= 0.6 is 0 Å². The van der Waals surface area contributed by atoms with Crippen LogP contribution in [0.5, 0.6) is 5.88 Å². The van der Waals surface area contributed by atoms with E-state index in [2.05, 4.69) is 9.97 Å². The molecule has 0 spiro atoms. The predicted molar refractivity (Wildman–Crippen MR) is 58.0 cm³/mol. The van der Waals surface area contributed by atoms with Crippen molar-refractivity contribution >= 4 is 0 Å². The fourth-order valence-electron chi connectivity index (χ4n) is 1.50. The second-order valence-corrected chi connectivity index (χ2v) is 3.37. The van der Waals surface area contributed by atoms with Crippen LogP contribution in [0.4, 0.5) is 0 Å². The zero-order valence-corrected chi connectivity index (χ0v) is 9.00.